The largest absolute Gasteiger partial charge is 0.497 e. The number of benzene rings is 2. The summed E-state index contributed by atoms with van der Waals surface area (Å²) in [5.41, 5.74) is 1.02. The third kappa shape index (κ3) is 9.02. The highest BCUT2D eigenvalue weighted by atomic mass is 79.9. The number of carbonyl (C=O) groups excluding carboxylic acids is 3. The Bertz CT molecular complexity index is 2190. The van der Waals surface area contributed by atoms with E-state index in [-0.39, 0.29) is 18.0 Å². The van der Waals surface area contributed by atoms with Crippen LogP contribution >= 0.6 is 15.9 Å². The maximum absolute atomic E-state index is 12.0. The van der Waals surface area contributed by atoms with Crippen LogP contribution in [-0.4, -0.2) is 107 Å². The second-order valence-electron chi connectivity index (χ2n) is 12.3. The number of halogens is 1. The van der Waals surface area contributed by atoms with Crippen molar-refractivity contribution in [3.8, 4) is 57.7 Å². The van der Waals surface area contributed by atoms with Crippen LogP contribution in [0.15, 0.2) is 77.4 Å². The highest BCUT2D eigenvalue weighted by Crippen LogP contribution is 2.28. The van der Waals surface area contributed by atoms with E-state index in [0.29, 0.717) is 58.0 Å². The van der Waals surface area contributed by atoms with E-state index in [4.69, 9.17) is 14.2 Å². The molecule has 2 fully saturated rings. The number of hydrogen-bond donors (Lipinski definition) is 2. The molecule has 2 saturated heterocycles. The fourth-order valence-electron chi connectivity index (χ4n) is 5.52. The molecule has 4 heterocycles. The Balaban J connectivity index is 0.000000206. The summed E-state index contributed by atoms with van der Waals surface area (Å²) in [6.45, 7) is 0.972. The van der Waals surface area contributed by atoms with Gasteiger partial charge in [-0.3, -0.25) is 9.59 Å². The molecule has 2 aliphatic heterocycles. The van der Waals surface area contributed by atoms with Crippen molar-refractivity contribution in [3.63, 3.8) is 0 Å². The summed E-state index contributed by atoms with van der Waals surface area (Å²) < 4.78 is 15.9. The number of amides is 2. The van der Waals surface area contributed by atoms with Crippen LogP contribution in [0.5, 0.6) is 11.5 Å². The smallest absolute Gasteiger partial charge is 0.356 e. The molecule has 0 aliphatic carbocycles. The molecule has 4 aromatic rings. The third-order valence-electron chi connectivity index (χ3n) is 8.60. The quantitative estimate of drug-likeness (QED) is 0.173. The van der Waals surface area contributed by atoms with Crippen molar-refractivity contribution < 1.29 is 38.8 Å². The molecule has 2 aromatic heterocycles. The molecule has 2 atom stereocenters. The van der Waals surface area contributed by atoms with Gasteiger partial charge in [-0.1, -0.05) is 47.9 Å². The second-order valence-corrected chi connectivity index (χ2v) is 13.1. The molecule has 0 spiro atoms. The molecule has 53 heavy (non-hydrogen) atoms. The number of likely N-dealkylation sites (tertiary alicyclic amines) is 2. The molecule has 12 nitrogen and oxygen atoms in total. The van der Waals surface area contributed by atoms with Gasteiger partial charge in [-0.15, -0.1) is 0 Å². The molecule has 13 heteroatoms. The van der Waals surface area contributed by atoms with E-state index in [0.717, 1.165) is 11.3 Å². The van der Waals surface area contributed by atoms with Gasteiger partial charge >= 0.3 is 5.97 Å². The average molecular weight is 782 g/mol. The fourth-order valence-corrected chi connectivity index (χ4v) is 5.94. The minimum atomic E-state index is -1.66. The van der Waals surface area contributed by atoms with Crippen LogP contribution in [0.1, 0.15) is 34.5 Å². The Labute approximate surface area is 315 Å². The lowest BCUT2D eigenvalue weighted by atomic mass is 10.0. The van der Waals surface area contributed by atoms with Crippen molar-refractivity contribution in [1.29, 1.82) is 0 Å². The lowest BCUT2D eigenvalue weighted by molar-refractivity contribution is -0.138. The fraction of sp³-hybridized carbons (Fsp3) is 0.275. The average Bonchev–Trinajstić information content (AvgIpc) is 3.60. The highest BCUT2D eigenvalue weighted by Gasteiger charge is 2.43. The molecule has 2 amide bonds. The van der Waals surface area contributed by atoms with Crippen molar-refractivity contribution >= 4 is 33.7 Å². The SMILES string of the molecule is COC(=O)c1cc(OC)cc(-c2cccc(C#C[C@]3(O)CCN(C)C3=O)c2)n1.COc1cc(Br)nc(-c2cccc(C#C[C@]3(O)CCN(C)C3=O)c2)c1. The van der Waals surface area contributed by atoms with Gasteiger partial charge in [0.25, 0.3) is 11.8 Å². The van der Waals surface area contributed by atoms with Gasteiger partial charge in [0, 0.05) is 86.5 Å². The summed E-state index contributed by atoms with van der Waals surface area (Å²) >= 11 is 3.37. The van der Waals surface area contributed by atoms with Gasteiger partial charge in [-0.2, -0.15) is 0 Å². The lowest BCUT2D eigenvalue weighted by Crippen LogP contribution is -2.37. The summed E-state index contributed by atoms with van der Waals surface area (Å²) in [6.07, 6.45) is 0.592. The summed E-state index contributed by atoms with van der Waals surface area (Å²) in [4.78, 5) is 47.6. The number of ether oxygens (including phenoxy) is 3. The number of aromatic nitrogens is 2. The van der Waals surface area contributed by atoms with Gasteiger partial charge in [0.2, 0.25) is 11.2 Å². The van der Waals surface area contributed by atoms with E-state index in [1.165, 1.54) is 30.1 Å². The molecule has 2 N–H and O–H groups in total. The maximum Gasteiger partial charge on any atom is 0.356 e. The molecule has 0 radical (unpaired) electrons. The van der Waals surface area contributed by atoms with Gasteiger partial charge < -0.3 is 34.2 Å². The molecule has 2 aromatic carbocycles. The van der Waals surface area contributed by atoms with Gasteiger partial charge in [-0.25, -0.2) is 14.8 Å². The predicted molar refractivity (Wildman–Crippen MR) is 200 cm³/mol. The minimum absolute atomic E-state index is 0.127. The van der Waals surface area contributed by atoms with Crippen LogP contribution in [0.2, 0.25) is 0 Å². The Kier molecular flexibility index (Phi) is 11.8. The predicted octanol–water partition coefficient (Wildman–Crippen LogP) is 3.95. The maximum atomic E-state index is 12.0. The first-order valence-electron chi connectivity index (χ1n) is 16.4. The van der Waals surface area contributed by atoms with E-state index in [1.54, 1.807) is 51.5 Å². The Morgan fingerprint density at radius 1 is 0.736 bits per heavy atom. The van der Waals surface area contributed by atoms with Gasteiger partial charge in [0.1, 0.15) is 16.1 Å². The first-order valence-corrected chi connectivity index (χ1v) is 17.2. The normalized spacial score (nSPS) is 18.9. The minimum Gasteiger partial charge on any atom is -0.497 e. The number of hydrogen-bond acceptors (Lipinski definition) is 10. The summed E-state index contributed by atoms with van der Waals surface area (Å²) in [5, 5.41) is 20.8. The Morgan fingerprint density at radius 3 is 1.64 bits per heavy atom. The molecule has 0 saturated carbocycles. The Morgan fingerprint density at radius 2 is 1.21 bits per heavy atom. The molecule has 0 bridgehead atoms. The summed E-state index contributed by atoms with van der Waals surface area (Å²) in [6, 6.07) is 21.4. The molecule has 6 rings (SSSR count). The number of carbonyl (C=O) groups is 3. The highest BCUT2D eigenvalue weighted by molar-refractivity contribution is 9.10. The van der Waals surface area contributed by atoms with Crippen LogP contribution < -0.4 is 9.47 Å². The summed E-state index contributed by atoms with van der Waals surface area (Å²) in [5.74, 6) is 11.0. The molecule has 0 unspecified atom stereocenters. The Hall–Kier alpha value is -5.73. The first-order chi connectivity index (χ1) is 25.3. The standard InChI is InChI=1S/C21H20N2O5.C19H17BrN2O3/c1-23-10-9-21(26,20(23)25)8-7-14-5-4-6-15(11-14)17-12-16(27-2)13-18(22-17)19(24)28-3;1-22-9-8-19(24,18(22)23)7-6-13-4-3-5-14(10-13)16-11-15(25-2)12-17(20)21-16/h4-6,11-13,26H,9-10H2,1-3H3;3-5,10-12,24H,8-9H2,1-2H3/t21-;19-/m00/s1. The van der Waals surface area contributed by atoms with Crippen LogP contribution in [0.25, 0.3) is 22.5 Å². The number of aliphatic hydroxyl groups is 2. The van der Waals surface area contributed by atoms with E-state index in [1.807, 2.05) is 36.4 Å². The topological polar surface area (TPSA) is 152 Å². The zero-order chi connectivity index (χ0) is 38.3. The van der Waals surface area contributed by atoms with Crippen molar-refractivity contribution in [2.45, 2.75) is 24.0 Å². The van der Waals surface area contributed by atoms with E-state index >= 15 is 0 Å². The van der Waals surface area contributed by atoms with E-state index < -0.39 is 23.1 Å². The number of nitrogens with zero attached hydrogens (tertiary/aromatic N) is 4. The number of likely N-dealkylation sites (N-methyl/N-ethyl adjacent to an activating group) is 2. The molecule has 2 aliphatic rings. The number of methoxy groups -OCH3 is 3. The first kappa shape index (κ1) is 38.5. The van der Waals surface area contributed by atoms with Gasteiger partial charge in [-0.05, 0) is 40.2 Å². The summed E-state index contributed by atoms with van der Waals surface area (Å²) in [7, 11) is 7.68. The number of pyridine rings is 2. The lowest BCUT2D eigenvalue weighted by Gasteiger charge is -2.13. The van der Waals surface area contributed by atoms with E-state index in [9.17, 15) is 24.6 Å². The monoisotopic (exact) mass is 780 g/mol. The van der Waals surface area contributed by atoms with Crippen molar-refractivity contribution in [2.24, 2.45) is 0 Å². The second kappa shape index (κ2) is 16.3. The third-order valence-corrected chi connectivity index (χ3v) is 9.00. The number of rotatable bonds is 5. The van der Waals surface area contributed by atoms with Gasteiger partial charge in [0.15, 0.2) is 5.69 Å². The molecular formula is C40H37BrN4O8. The molecular weight excluding hydrogens is 744 g/mol. The zero-order valence-electron chi connectivity index (χ0n) is 29.8. The van der Waals surface area contributed by atoms with Gasteiger partial charge in [0.05, 0.1) is 32.7 Å². The van der Waals surface area contributed by atoms with Crippen LogP contribution in [0, 0.1) is 23.7 Å². The van der Waals surface area contributed by atoms with Crippen LogP contribution in [-0.2, 0) is 14.3 Å². The van der Waals surface area contributed by atoms with Crippen LogP contribution in [0.3, 0.4) is 0 Å². The number of esters is 1. The van der Waals surface area contributed by atoms with Crippen molar-refractivity contribution in [1.82, 2.24) is 19.8 Å². The van der Waals surface area contributed by atoms with E-state index in [2.05, 4.69) is 49.6 Å². The van der Waals surface area contributed by atoms with Crippen LogP contribution in [0.4, 0.5) is 0 Å². The van der Waals surface area contributed by atoms with Crippen molar-refractivity contribution in [2.75, 3.05) is 48.5 Å². The van der Waals surface area contributed by atoms with Crippen molar-refractivity contribution in [3.05, 3.63) is 94.2 Å². The zero-order valence-corrected chi connectivity index (χ0v) is 31.4. The molecule has 272 valence electrons.